The number of para-hydroxylation sites is 2. The lowest BCUT2D eigenvalue weighted by molar-refractivity contribution is -0.120. The molecule has 0 aliphatic carbocycles. The van der Waals surface area contributed by atoms with E-state index in [4.69, 9.17) is 9.97 Å². The Morgan fingerprint density at radius 1 is 1.03 bits per heavy atom. The summed E-state index contributed by atoms with van der Waals surface area (Å²) in [4.78, 5) is 26.6. The van der Waals surface area contributed by atoms with Crippen LogP contribution in [0.2, 0.25) is 0 Å². The average molecular weight is 400 g/mol. The van der Waals surface area contributed by atoms with Crippen LogP contribution in [0.4, 0.5) is 5.82 Å². The second-order valence-corrected chi connectivity index (χ2v) is 7.50. The summed E-state index contributed by atoms with van der Waals surface area (Å²) in [6.07, 6.45) is 0.212. The molecule has 1 aliphatic rings. The van der Waals surface area contributed by atoms with Gasteiger partial charge in [0.2, 0.25) is 5.91 Å². The van der Waals surface area contributed by atoms with Crippen LogP contribution in [0.1, 0.15) is 17.3 Å². The number of nitriles is 1. The maximum Gasteiger partial charge on any atom is 0.225 e. The number of likely N-dealkylation sites (N-methyl/N-ethyl adjacent to an activating group) is 1. The van der Waals surface area contributed by atoms with Crippen molar-refractivity contribution >= 4 is 22.8 Å². The molecular weight excluding hydrogens is 376 g/mol. The van der Waals surface area contributed by atoms with Crippen molar-refractivity contribution in [1.29, 1.82) is 5.26 Å². The van der Waals surface area contributed by atoms with E-state index in [1.54, 1.807) is 0 Å². The summed E-state index contributed by atoms with van der Waals surface area (Å²) < 4.78 is 0. The monoisotopic (exact) mass is 400 g/mol. The minimum atomic E-state index is -0.868. The van der Waals surface area contributed by atoms with Gasteiger partial charge in [-0.1, -0.05) is 42.5 Å². The standard InChI is InChI=1S/C23H24N6O/c1-28-11-13-29(14-12-28)23-22(26-18-9-5-6-10-19(18)27-23)20(16-24)25-21(30)15-17-7-3-2-4-8-17/h2-10,20H,11-15H2,1H3,(H,25,30). The van der Waals surface area contributed by atoms with Gasteiger partial charge in [0, 0.05) is 26.2 Å². The summed E-state index contributed by atoms with van der Waals surface area (Å²) in [5.41, 5.74) is 2.89. The summed E-state index contributed by atoms with van der Waals surface area (Å²) in [7, 11) is 2.09. The minimum Gasteiger partial charge on any atom is -0.352 e. The van der Waals surface area contributed by atoms with Crippen molar-refractivity contribution in [3.8, 4) is 6.07 Å². The number of rotatable bonds is 5. The van der Waals surface area contributed by atoms with Crippen LogP contribution in [0, 0.1) is 11.3 Å². The molecule has 2 aromatic carbocycles. The molecule has 0 spiro atoms. The van der Waals surface area contributed by atoms with E-state index < -0.39 is 6.04 Å². The number of benzene rings is 2. The average Bonchev–Trinajstić information content (AvgIpc) is 2.78. The van der Waals surface area contributed by atoms with Gasteiger partial charge in [-0.25, -0.2) is 9.97 Å². The Morgan fingerprint density at radius 2 is 1.67 bits per heavy atom. The van der Waals surface area contributed by atoms with E-state index in [2.05, 4.69) is 28.2 Å². The van der Waals surface area contributed by atoms with Gasteiger partial charge in [0.05, 0.1) is 23.5 Å². The van der Waals surface area contributed by atoms with Gasteiger partial charge >= 0.3 is 0 Å². The Morgan fingerprint density at radius 3 is 2.33 bits per heavy atom. The lowest BCUT2D eigenvalue weighted by atomic mass is 10.1. The van der Waals surface area contributed by atoms with Gasteiger partial charge in [0.25, 0.3) is 0 Å². The van der Waals surface area contributed by atoms with Gasteiger partial charge in [-0.2, -0.15) is 5.26 Å². The zero-order valence-electron chi connectivity index (χ0n) is 17.0. The van der Waals surface area contributed by atoms with E-state index in [0.29, 0.717) is 17.0 Å². The molecular formula is C23H24N6O. The Hall–Kier alpha value is -3.50. The van der Waals surface area contributed by atoms with Crippen LogP contribution >= 0.6 is 0 Å². The van der Waals surface area contributed by atoms with Crippen LogP contribution in [0.25, 0.3) is 11.0 Å². The molecule has 1 N–H and O–H groups in total. The molecule has 2 heterocycles. The van der Waals surface area contributed by atoms with Crippen LogP contribution in [-0.2, 0) is 11.2 Å². The van der Waals surface area contributed by atoms with Crippen LogP contribution in [0.3, 0.4) is 0 Å². The van der Waals surface area contributed by atoms with Crippen molar-refractivity contribution in [1.82, 2.24) is 20.2 Å². The summed E-state index contributed by atoms with van der Waals surface area (Å²) in [5, 5.41) is 12.7. The molecule has 0 bridgehead atoms. The number of hydrogen-bond donors (Lipinski definition) is 1. The number of carbonyl (C=O) groups excluding carboxylic acids is 1. The van der Waals surface area contributed by atoms with E-state index in [1.165, 1.54) is 0 Å². The first-order valence-electron chi connectivity index (χ1n) is 10.1. The second-order valence-electron chi connectivity index (χ2n) is 7.50. The Bertz CT molecular complexity index is 1070. The van der Waals surface area contributed by atoms with E-state index >= 15 is 0 Å². The van der Waals surface area contributed by atoms with Crippen LogP contribution in [0.5, 0.6) is 0 Å². The highest BCUT2D eigenvalue weighted by molar-refractivity contribution is 5.80. The topological polar surface area (TPSA) is 85.2 Å². The van der Waals surface area contributed by atoms with Gasteiger partial charge < -0.3 is 15.1 Å². The fourth-order valence-corrected chi connectivity index (χ4v) is 3.60. The SMILES string of the molecule is CN1CCN(c2nc3ccccc3nc2C(C#N)NC(=O)Cc2ccccc2)CC1. The highest BCUT2D eigenvalue weighted by Crippen LogP contribution is 2.26. The summed E-state index contributed by atoms with van der Waals surface area (Å²) in [6, 6.07) is 18.4. The third-order valence-corrected chi connectivity index (χ3v) is 5.30. The van der Waals surface area contributed by atoms with Crippen molar-refractivity contribution in [3.05, 3.63) is 65.9 Å². The maximum absolute atomic E-state index is 12.6. The molecule has 0 radical (unpaired) electrons. The predicted molar refractivity (Wildman–Crippen MR) is 116 cm³/mol. The first kappa shape index (κ1) is 19.8. The second kappa shape index (κ2) is 8.89. The minimum absolute atomic E-state index is 0.212. The Labute approximate surface area is 176 Å². The molecule has 7 nitrogen and oxygen atoms in total. The largest absolute Gasteiger partial charge is 0.352 e. The van der Waals surface area contributed by atoms with E-state index in [9.17, 15) is 10.1 Å². The zero-order chi connectivity index (χ0) is 20.9. The molecule has 4 rings (SSSR count). The molecule has 7 heteroatoms. The molecule has 1 unspecified atom stereocenters. The smallest absolute Gasteiger partial charge is 0.225 e. The summed E-state index contributed by atoms with van der Waals surface area (Å²) in [5.74, 6) is 0.459. The van der Waals surface area contributed by atoms with Crippen molar-refractivity contribution < 1.29 is 4.79 Å². The van der Waals surface area contributed by atoms with Gasteiger partial charge in [-0.15, -0.1) is 0 Å². The molecule has 1 saturated heterocycles. The number of hydrogen-bond acceptors (Lipinski definition) is 6. The third kappa shape index (κ3) is 4.39. The normalized spacial score (nSPS) is 15.5. The van der Waals surface area contributed by atoms with Crippen LogP contribution in [-0.4, -0.2) is 54.0 Å². The van der Waals surface area contributed by atoms with Gasteiger partial charge in [-0.3, -0.25) is 4.79 Å². The van der Waals surface area contributed by atoms with Gasteiger partial charge in [0.15, 0.2) is 11.9 Å². The first-order valence-corrected chi connectivity index (χ1v) is 10.1. The summed E-state index contributed by atoms with van der Waals surface area (Å²) >= 11 is 0. The highest BCUT2D eigenvalue weighted by atomic mass is 16.1. The van der Waals surface area contributed by atoms with Crippen LogP contribution in [0.15, 0.2) is 54.6 Å². The number of nitrogens with zero attached hydrogens (tertiary/aromatic N) is 5. The number of nitrogens with one attached hydrogen (secondary N) is 1. The number of aromatic nitrogens is 2. The molecule has 1 aliphatic heterocycles. The number of piperazine rings is 1. The maximum atomic E-state index is 12.6. The molecule has 152 valence electrons. The molecule has 1 atom stereocenters. The van der Waals surface area contributed by atoms with Gasteiger partial charge in [0.1, 0.15) is 5.69 Å². The van der Waals surface area contributed by atoms with Crippen molar-refractivity contribution in [2.24, 2.45) is 0 Å². The third-order valence-electron chi connectivity index (χ3n) is 5.30. The van der Waals surface area contributed by atoms with Crippen molar-refractivity contribution in [2.75, 3.05) is 38.1 Å². The molecule has 30 heavy (non-hydrogen) atoms. The molecule has 3 aromatic rings. The van der Waals surface area contributed by atoms with Crippen LogP contribution < -0.4 is 10.2 Å². The number of anilines is 1. The first-order chi connectivity index (χ1) is 14.6. The number of carbonyl (C=O) groups is 1. The zero-order valence-corrected chi connectivity index (χ0v) is 17.0. The molecule has 1 aromatic heterocycles. The lowest BCUT2D eigenvalue weighted by Crippen LogP contribution is -2.45. The molecule has 1 fully saturated rings. The Balaban J connectivity index is 1.65. The fourth-order valence-electron chi connectivity index (χ4n) is 3.60. The molecule has 0 saturated carbocycles. The molecule has 1 amide bonds. The Kier molecular flexibility index (Phi) is 5.87. The van der Waals surface area contributed by atoms with E-state index in [0.717, 1.165) is 37.3 Å². The number of fused-ring (bicyclic) bond motifs is 1. The summed E-state index contributed by atoms with van der Waals surface area (Å²) in [6.45, 7) is 3.41. The van der Waals surface area contributed by atoms with Crippen molar-refractivity contribution in [3.63, 3.8) is 0 Å². The lowest BCUT2D eigenvalue weighted by Gasteiger charge is -2.34. The van der Waals surface area contributed by atoms with Crippen molar-refractivity contribution in [2.45, 2.75) is 12.5 Å². The van der Waals surface area contributed by atoms with Gasteiger partial charge in [-0.05, 0) is 24.7 Å². The predicted octanol–water partition coefficient (Wildman–Crippen LogP) is 2.31. The van der Waals surface area contributed by atoms with E-state index in [1.807, 2.05) is 54.6 Å². The number of amides is 1. The highest BCUT2D eigenvalue weighted by Gasteiger charge is 2.26. The quantitative estimate of drug-likeness (QED) is 0.707. The fraction of sp³-hybridized carbons (Fsp3) is 0.304. The van der Waals surface area contributed by atoms with E-state index in [-0.39, 0.29) is 12.3 Å².